The molecule has 3 rings (SSSR count). The van der Waals surface area contributed by atoms with Crippen molar-refractivity contribution >= 4 is 50.4 Å². The van der Waals surface area contributed by atoms with E-state index in [9.17, 15) is 23.3 Å². The molecule has 1 aliphatic heterocycles. The van der Waals surface area contributed by atoms with Crippen LogP contribution >= 0.6 is 11.6 Å². The molecule has 0 unspecified atom stereocenters. The Bertz CT molecular complexity index is 1160. The van der Waals surface area contributed by atoms with Gasteiger partial charge in [0, 0.05) is 30.1 Å². The number of carbonyl (C=O) groups excluding carboxylic acids is 1. The molecule has 0 atom stereocenters. The lowest BCUT2D eigenvalue weighted by Crippen LogP contribution is -2.44. The van der Waals surface area contributed by atoms with Crippen molar-refractivity contribution < 1.29 is 22.9 Å². The second-order valence-corrected chi connectivity index (χ2v) is 10.3. The van der Waals surface area contributed by atoms with Crippen molar-refractivity contribution in [2.24, 2.45) is 5.41 Å². The van der Waals surface area contributed by atoms with Crippen LogP contribution in [-0.2, 0) is 19.4 Å². The number of hydrogen-bond acceptors (Lipinski definition) is 10. The molecule has 1 saturated heterocycles. The first kappa shape index (κ1) is 24.6. The second kappa shape index (κ2) is 9.48. The van der Waals surface area contributed by atoms with Gasteiger partial charge < -0.3 is 15.0 Å². The SMILES string of the molecule is CCOC(=O)C1(C)CCN(c2nc(S(C)(=O)=O)nc(Nc3ccc(Cl)cc3)c2[N+](=O)[O-])CC1. The predicted molar refractivity (Wildman–Crippen MR) is 123 cm³/mol. The van der Waals surface area contributed by atoms with Crippen molar-refractivity contribution in [3.8, 4) is 0 Å². The molecule has 178 valence electrons. The molecule has 1 N–H and O–H groups in total. The number of piperidine rings is 1. The van der Waals surface area contributed by atoms with Gasteiger partial charge in [-0.2, -0.15) is 9.97 Å². The number of esters is 1. The molecule has 13 heteroatoms. The van der Waals surface area contributed by atoms with Crippen LogP contribution in [0.25, 0.3) is 0 Å². The van der Waals surface area contributed by atoms with Crippen molar-refractivity contribution in [2.75, 3.05) is 36.2 Å². The van der Waals surface area contributed by atoms with E-state index in [4.69, 9.17) is 16.3 Å². The highest BCUT2D eigenvalue weighted by atomic mass is 35.5. The molecule has 0 bridgehead atoms. The monoisotopic (exact) mass is 497 g/mol. The number of benzene rings is 1. The first-order valence-corrected chi connectivity index (χ1v) is 12.4. The van der Waals surface area contributed by atoms with Crippen molar-refractivity contribution in [3.63, 3.8) is 0 Å². The van der Waals surface area contributed by atoms with Gasteiger partial charge in [0.25, 0.3) is 5.16 Å². The van der Waals surface area contributed by atoms with Crippen molar-refractivity contribution in [1.29, 1.82) is 0 Å². The fraction of sp³-hybridized carbons (Fsp3) is 0.450. The van der Waals surface area contributed by atoms with Gasteiger partial charge in [-0.15, -0.1) is 0 Å². The van der Waals surface area contributed by atoms with Gasteiger partial charge in [-0.3, -0.25) is 14.9 Å². The third kappa shape index (κ3) is 5.50. The smallest absolute Gasteiger partial charge is 0.353 e. The van der Waals surface area contributed by atoms with Gasteiger partial charge in [-0.1, -0.05) is 11.6 Å². The van der Waals surface area contributed by atoms with E-state index in [1.54, 1.807) is 43.0 Å². The molecule has 0 spiro atoms. The molecule has 2 aromatic rings. The number of ether oxygens (including phenoxy) is 1. The van der Waals surface area contributed by atoms with Gasteiger partial charge in [0.2, 0.25) is 21.5 Å². The summed E-state index contributed by atoms with van der Waals surface area (Å²) in [4.78, 5) is 33.3. The summed E-state index contributed by atoms with van der Waals surface area (Å²) in [7, 11) is -3.88. The normalized spacial score (nSPS) is 15.7. The van der Waals surface area contributed by atoms with Crippen LogP contribution in [0.1, 0.15) is 26.7 Å². The summed E-state index contributed by atoms with van der Waals surface area (Å²) in [5.74, 6) is -0.715. The molecule has 2 heterocycles. The lowest BCUT2D eigenvalue weighted by molar-refractivity contribution is -0.383. The molecule has 1 aromatic carbocycles. The number of nitrogens with one attached hydrogen (secondary N) is 1. The Morgan fingerprint density at radius 2 is 1.88 bits per heavy atom. The van der Waals surface area contributed by atoms with E-state index >= 15 is 0 Å². The van der Waals surface area contributed by atoms with Crippen LogP contribution in [0.15, 0.2) is 29.4 Å². The molecule has 1 aliphatic rings. The number of rotatable bonds is 7. The number of carbonyl (C=O) groups is 1. The van der Waals surface area contributed by atoms with Gasteiger partial charge in [-0.25, -0.2) is 8.42 Å². The van der Waals surface area contributed by atoms with E-state index in [1.807, 2.05) is 0 Å². The molecule has 33 heavy (non-hydrogen) atoms. The van der Waals surface area contributed by atoms with Gasteiger partial charge in [-0.05, 0) is 51.0 Å². The minimum absolute atomic E-state index is 0.127. The first-order valence-electron chi connectivity index (χ1n) is 10.2. The summed E-state index contributed by atoms with van der Waals surface area (Å²) in [6.07, 6.45) is 1.65. The van der Waals surface area contributed by atoms with Crippen LogP contribution < -0.4 is 10.2 Å². The van der Waals surface area contributed by atoms with E-state index in [0.717, 1.165) is 6.26 Å². The summed E-state index contributed by atoms with van der Waals surface area (Å²) < 4.78 is 29.6. The highest BCUT2D eigenvalue weighted by Gasteiger charge is 2.41. The maximum Gasteiger partial charge on any atom is 0.353 e. The van der Waals surface area contributed by atoms with Crippen LogP contribution in [-0.4, -0.2) is 55.2 Å². The molecule has 0 radical (unpaired) electrons. The van der Waals surface area contributed by atoms with Crippen LogP contribution in [0.3, 0.4) is 0 Å². The molecular weight excluding hydrogens is 474 g/mol. The summed E-state index contributed by atoms with van der Waals surface area (Å²) in [5, 5.41) is 14.8. The molecule has 0 saturated carbocycles. The van der Waals surface area contributed by atoms with Gasteiger partial charge >= 0.3 is 11.7 Å². The molecular formula is C20H24ClN5O6S. The Hall–Kier alpha value is -2.99. The van der Waals surface area contributed by atoms with Crippen LogP contribution in [0.5, 0.6) is 0 Å². The molecule has 0 aliphatic carbocycles. The number of sulfone groups is 1. The van der Waals surface area contributed by atoms with Crippen LogP contribution in [0.2, 0.25) is 5.02 Å². The average molecular weight is 498 g/mol. The Balaban J connectivity index is 2.04. The molecule has 0 amide bonds. The average Bonchev–Trinajstić information content (AvgIpc) is 2.74. The van der Waals surface area contributed by atoms with E-state index < -0.39 is 31.0 Å². The molecule has 1 fully saturated rings. The Labute approximate surface area is 196 Å². The zero-order valence-corrected chi connectivity index (χ0v) is 19.9. The van der Waals surface area contributed by atoms with Crippen LogP contribution in [0.4, 0.5) is 23.0 Å². The molecule has 11 nitrogen and oxygen atoms in total. The maximum atomic E-state index is 12.3. The number of hydrogen-bond donors (Lipinski definition) is 1. The first-order chi connectivity index (χ1) is 15.4. The lowest BCUT2D eigenvalue weighted by Gasteiger charge is -2.37. The van der Waals surface area contributed by atoms with E-state index in [2.05, 4.69) is 15.3 Å². The fourth-order valence-electron chi connectivity index (χ4n) is 3.46. The Morgan fingerprint density at radius 1 is 1.27 bits per heavy atom. The number of aromatic nitrogens is 2. The number of halogens is 1. The largest absolute Gasteiger partial charge is 0.466 e. The van der Waals surface area contributed by atoms with E-state index in [0.29, 0.717) is 23.6 Å². The zero-order chi connectivity index (χ0) is 24.4. The van der Waals surface area contributed by atoms with Crippen molar-refractivity contribution in [3.05, 3.63) is 39.4 Å². The van der Waals surface area contributed by atoms with Gasteiger partial charge in [0.1, 0.15) is 0 Å². The predicted octanol–water partition coefficient (Wildman–Crippen LogP) is 3.35. The van der Waals surface area contributed by atoms with Gasteiger partial charge in [0.05, 0.1) is 16.9 Å². The summed E-state index contributed by atoms with van der Waals surface area (Å²) >= 11 is 5.89. The second-order valence-electron chi connectivity index (χ2n) is 7.96. The number of nitro groups is 1. The minimum Gasteiger partial charge on any atom is -0.466 e. The summed E-state index contributed by atoms with van der Waals surface area (Å²) in [6, 6.07) is 6.32. The lowest BCUT2D eigenvalue weighted by atomic mass is 9.80. The quantitative estimate of drug-likeness (QED) is 0.261. The third-order valence-corrected chi connectivity index (χ3v) is 6.50. The summed E-state index contributed by atoms with van der Waals surface area (Å²) in [5.41, 5.74) is -0.768. The highest BCUT2D eigenvalue weighted by molar-refractivity contribution is 7.90. The van der Waals surface area contributed by atoms with Crippen LogP contribution in [0, 0.1) is 15.5 Å². The van der Waals surface area contributed by atoms with Crippen molar-refractivity contribution in [2.45, 2.75) is 31.8 Å². The maximum absolute atomic E-state index is 12.3. The highest BCUT2D eigenvalue weighted by Crippen LogP contribution is 2.40. The summed E-state index contributed by atoms with van der Waals surface area (Å²) in [6.45, 7) is 4.26. The zero-order valence-electron chi connectivity index (χ0n) is 18.4. The Morgan fingerprint density at radius 3 is 2.39 bits per heavy atom. The standard InChI is InChI=1S/C20H24ClN5O6S/c1-4-32-18(27)20(2)9-11-25(12-10-20)17-15(26(28)29)16(23-19(24-17)33(3,30)31)22-14-7-5-13(21)6-8-14/h5-8H,4,9-12H2,1-3H3,(H,22,23,24). The Kier molecular flexibility index (Phi) is 7.08. The van der Waals surface area contributed by atoms with E-state index in [1.165, 1.54) is 0 Å². The fourth-order valence-corrected chi connectivity index (χ4v) is 4.09. The topological polar surface area (TPSA) is 145 Å². The van der Waals surface area contributed by atoms with Crippen molar-refractivity contribution in [1.82, 2.24) is 9.97 Å². The molecule has 1 aromatic heterocycles. The number of nitrogens with zero attached hydrogens (tertiary/aromatic N) is 4. The number of anilines is 3. The van der Waals surface area contributed by atoms with Gasteiger partial charge in [0.15, 0.2) is 0 Å². The minimum atomic E-state index is -3.88. The third-order valence-electron chi connectivity index (χ3n) is 5.40. The van der Waals surface area contributed by atoms with E-state index in [-0.39, 0.29) is 37.3 Å².